The first-order valence-corrected chi connectivity index (χ1v) is 19.1. The standard InChI is InChI=1S/C52H38N4/c1-3-15-42-35(2)56-49-24-11-10-21-44(49)52(40-18-8-5-9-19-40,45-22-14-20-43(42)50(45)56)41-31-29-39(30-32-41)51-54-47(36-16-6-4-7-17-36)34-48(55-51)38-27-25-37(26-28-38)46-23-12-13-33-53-46/h3-34H,1-2H3/b15-3-. The summed E-state index contributed by atoms with van der Waals surface area (Å²) in [6.45, 7) is 4.34. The average Bonchev–Trinajstić information content (AvgIpc) is 3.56. The number of para-hydroxylation sites is 2. The van der Waals surface area contributed by atoms with E-state index in [2.05, 4.69) is 187 Å². The fourth-order valence-electron chi connectivity index (χ4n) is 8.77. The Bertz CT molecular complexity index is 2890. The summed E-state index contributed by atoms with van der Waals surface area (Å²) in [5, 5.41) is 1.26. The third-order valence-corrected chi connectivity index (χ3v) is 11.3. The summed E-state index contributed by atoms with van der Waals surface area (Å²) in [5.74, 6) is 0.683. The van der Waals surface area contributed by atoms with E-state index in [1.54, 1.807) is 0 Å². The Morgan fingerprint density at radius 3 is 1.80 bits per heavy atom. The predicted octanol–water partition coefficient (Wildman–Crippen LogP) is 12.5. The van der Waals surface area contributed by atoms with Crippen LogP contribution in [-0.2, 0) is 5.41 Å². The van der Waals surface area contributed by atoms with Crippen molar-refractivity contribution in [3.8, 4) is 50.8 Å². The Labute approximate surface area is 327 Å². The lowest BCUT2D eigenvalue weighted by atomic mass is 9.63. The van der Waals surface area contributed by atoms with E-state index < -0.39 is 5.41 Å². The molecule has 0 spiro atoms. The number of benzene rings is 6. The molecule has 266 valence electrons. The maximum atomic E-state index is 5.21. The largest absolute Gasteiger partial charge is 0.313 e. The fourth-order valence-corrected chi connectivity index (χ4v) is 8.77. The van der Waals surface area contributed by atoms with Crippen molar-refractivity contribution in [3.05, 3.63) is 222 Å². The molecule has 1 aliphatic rings. The van der Waals surface area contributed by atoms with Gasteiger partial charge in [0.15, 0.2) is 5.82 Å². The molecule has 6 aromatic carbocycles. The molecule has 0 N–H and O–H groups in total. The highest BCUT2D eigenvalue weighted by Gasteiger charge is 2.45. The molecule has 4 heterocycles. The van der Waals surface area contributed by atoms with E-state index in [0.717, 1.165) is 39.3 Å². The van der Waals surface area contributed by atoms with E-state index in [1.807, 2.05) is 30.5 Å². The molecule has 4 heteroatoms. The minimum atomic E-state index is -0.572. The van der Waals surface area contributed by atoms with Gasteiger partial charge in [0.05, 0.1) is 33.7 Å². The van der Waals surface area contributed by atoms with Gasteiger partial charge in [-0.3, -0.25) is 4.98 Å². The summed E-state index contributed by atoms with van der Waals surface area (Å²) in [6, 6.07) is 62.6. The number of aromatic nitrogens is 4. The quantitative estimate of drug-likeness (QED) is 0.165. The van der Waals surface area contributed by atoms with Crippen molar-refractivity contribution in [3.63, 3.8) is 0 Å². The smallest absolute Gasteiger partial charge is 0.160 e. The number of hydrogen-bond donors (Lipinski definition) is 0. The topological polar surface area (TPSA) is 43.6 Å². The molecule has 1 atom stereocenters. The van der Waals surface area contributed by atoms with Crippen LogP contribution in [0.25, 0.3) is 67.8 Å². The predicted molar refractivity (Wildman–Crippen MR) is 230 cm³/mol. The summed E-state index contributed by atoms with van der Waals surface area (Å²) in [7, 11) is 0. The van der Waals surface area contributed by atoms with E-state index in [1.165, 1.54) is 50.1 Å². The highest BCUT2D eigenvalue weighted by Crippen LogP contribution is 2.54. The lowest BCUT2D eigenvalue weighted by Crippen LogP contribution is -2.35. The normalized spacial score (nSPS) is 14.6. The van der Waals surface area contributed by atoms with Gasteiger partial charge in [-0.1, -0.05) is 164 Å². The zero-order chi connectivity index (χ0) is 37.6. The molecule has 1 unspecified atom stereocenters. The lowest BCUT2D eigenvalue weighted by Gasteiger charge is -2.42. The summed E-state index contributed by atoms with van der Waals surface area (Å²) >= 11 is 0. The number of rotatable bonds is 7. The van der Waals surface area contributed by atoms with Crippen LogP contribution < -0.4 is 0 Å². The van der Waals surface area contributed by atoms with Crippen molar-refractivity contribution in [2.45, 2.75) is 19.3 Å². The van der Waals surface area contributed by atoms with E-state index in [-0.39, 0.29) is 0 Å². The molecule has 4 nitrogen and oxygen atoms in total. The zero-order valence-electron chi connectivity index (χ0n) is 31.3. The molecule has 1 aliphatic heterocycles. The second-order valence-corrected chi connectivity index (χ2v) is 14.4. The Hall–Kier alpha value is -7.17. The minimum Gasteiger partial charge on any atom is -0.313 e. The molecule has 10 rings (SSSR count). The van der Waals surface area contributed by atoms with Gasteiger partial charge in [0.25, 0.3) is 0 Å². The monoisotopic (exact) mass is 718 g/mol. The van der Waals surface area contributed by atoms with Crippen LogP contribution in [0.4, 0.5) is 0 Å². The Balaban J connectivity index is 1.16. The second kappa shape index (κ2) is 13.6. The molecule has 0 aliphatic carbocycles. The van der Waals surface area contributed by atoms with Crippen molar-refractivity contribution in [1.29, 1.82) is 0 Å². The number of pyridine rings is 1. The van der Waals surface area contributed by atoms with E-state index in [4.69, 9.17) is 9.97 Å². The van der Waals surface area contributed by atoms with Crippen LogP contribution in [-0.4, -0.2) is 19.5 Å². The summed E-state index contributed by atoms with van der Waals surface area (Å²) in [4.78, 5) is 14.9. The van der Waals surface area contributed by atoms with E-state index >= 15 is 0 Å². The average molecular weight is 719 g/mol. The van der Waals surface area contributed by atoms with Crippen LogP contribution in [0.1, 0.15) is 40.4 Å². The molecule has 0 saturated heterocycles. The number of allylic oxidation sites excluding steroid dienone is 1. The molecule has 0 amide bonds. The molecule has 0 bridgehead atoms. The van der Waals surface area contributed by atoms with Gasteiger partial charge in [0.2, 0.25) is 0 Å². The Morgan fingerprint density at radius 2 is 1.11 bits per heavy atom. The zero-order valence-corrected chi connectivity index (χ0v) is 31.3. The number of hydrogen-bond acceptors (Lipinski definition) is 3. The maximum Gasteiger partial charge on any atom is 0.160 e. The molecular weight excluding hydrogens is 681 g/mol. The highest BCUT2D eigenvalue weighted by atomic mass is 15.0. The molecule has 0 radical (unpaired) electrons. The molecular formula is C52H38N4. The van der Waals surface area contributed by atoms with Crippen molar-refractivity contribution in [1.82, 2.24) is 19.5 Å². The second-order valence-electron chi connectivity index (χ2n) is 14.4. The minimum absolute atomic E-state index is 0.572. The van der Waals surface area contributed by atoms with Gasteiger partial charge in [0, 0.05) is 45.1 Å². The van der Waals surface area contributed by atoms with Crippen LogP contribution in [0.15, 0.2) is 188 Å². The number of fused-ring (bicyclic) bond motifs is 2. The van der Waals surface area contributed by atoms with Gasteiger partial charge in [-0.25, -0.2) is 9.97 Å². The summed E-state index contributed by atoms with van der Waals surface area (Å²) in [5.41, 5.74) is 16.1. The first kappa shape index (κ1) is 33.4. The Morgan fingerprint density at radius 1 is 0.518 bits per heavy atom. The van der Waals surface area contributed by atoms with Gasteiger partial charge in [-0.2, -0.15) is 0 Å². The van der Waals surface area contributed by atoms with Gasteiger partial charge >= 0.3 is 0 Å². The van der Waals surface area contributed by atoms with Crippen LogP contribution >= 0.6 is 0 Å². The van der Waals surface area contributed by atoms with Crippen LogP contribution in [0.3, 0.4) is 0 Å². The van der Waals surface area contributed by atoms with Gasteiger partial charge in [0.1, 0.15) is 0 Å². The Kier molecular flexibility index (Phi) is 8.11. The first-order chi connectivity index (χ1) is 27.6. The van der Waals surface area contributed by atoms with Crippen molar-refractivity contribution >= 4 is 17.0 Å². The van der Waals surface area contributed by atoms with Gasteiger partial charge in [-0.15, -0.1) is 0 Å². The van der Waals surface area contributed by atoms with Crippen LogP contribution in [0, 0.1) is 6.92 Å². The third kappa shape index (κ3) is 5.25. The van der Waals surface area contributed by atoms with Crippen molar-refractivity contribution in [2.24, 2.45) is 0 Å². The molecule has 56 heavy (non-hydrogen) atoms. The number of nitrogens with zero attached hydrogens (tertiary/aromatic N) is 4. The fraction of sp³-hybridized carbons (Fsp3) is 0.0577. The van der Waals surface area contributed by atoms with E-state index in [9.17, 15) is 0 Å². The van der Waals surface area contributed by atoms with Crippen molar-refractivity contribution < 1.29 is 0 Å². The first-order valence-electron chi connectivity index (χ1n) is 19.1. The van der Waals surface area contributed by atoms with Crippen LogP contribution in [0.2, 0.25) is 0 Å². The van der Waals surface area contributed by atoms with Gasteiger partial charge < -0.3 is 4.57 Å². The molecule has 0 saturated carbocycles. The highest BCUT2D eigenvalue weighted by molar-refractivity contribution is 5.98. The lowest BCUT2D eigenvalue weighted by molar-refractivity contribution is 0.722. The molecule has 3 aromatic heterocycles. The third-order valence-electron chi connectivity index (χ3n) is 11.3. The molecule has 0 fully saturated rings. The maximum absolute atomic E-state index is 5.21. The molecule has 9 aromatic rings. The van der Waals surface area contributed by atoms with Gasteiger partial charge in [-0.05, 0) is 60.4 Å². The van der Waals surface area contributed by atoms with Crippen molar-refractivity contribution in [2.75, 3.05) is 0 Å². The van der Waals surface area contributed by atoms with Crippen LogP contribution in [0.5, 0.6) is 0 Å². The van der Waals surface area contributed by atoms with E-state index in [0.29, 0.717) is 5.82 Å². The SMILES string of the molecule is C/C=C\c1c(C)n2c3c(cccc13)C(c1ccccc1)(c1ccc(-c3nc(-c4ccccc4)cc(-c4ccc(-c5ccccn5)cc4)n3)cc1)c1ccccc1-2. The summed E-state index contributed by atoms with van der Waals surface area (Å²) in [6.07, 6.45) is 6.22. The summed E-state index contributed by atoms with van der Waals surface area (Å²) < 4.78 is 2.47.